The minimum Gasteiger partial charge on any atom is -0.385 e. The van der Waals surface area contributed by atoms with E-state index in [1.165, 1.54) is 5.56 Å². The number of rotatable bonds is 3. The summed E-state index contributed by atoms with van der Waals surface area (Å²) >= 11 is 0. The van der Waals surface area contributed by atoms with E-state index in [1.807, 2.05) is 12.1 Å². The maximum Gasteiger partial charge on any atom is 0.254 e. The number of nitrogens with zero attached hydrogens (tertiary/aromatic N) is 2. The van der Waals surface area contributed by atoms with Crippen LogP contribution < -0.4 is 5.32 Å². The van der Waals surface area contributed by atoms with Crippen molar-refractivity contribution in [1.29, 1.82) is 0 Å². The van der Waals surface area contributed by atoms with E-state index in [1.54, 1.807) is 0 Å². The van der Waals surface area contributed by atoms with Gasteiger partial charge in [0.05, 0.1) is 0 Å². The summed E-state index contributed by atoms with van der Waals surface area (Å²) in [5.74, 6) is 0.222. The molecule has 0 spiro atoms. The molecule has 2 heterocycles. The van der Waals surface area contributed by atoms with Crippen LogP contribution in [-0.4, -0.2) is 55.5 Å². The molecular weight excluding hydrogens is 298 g/mol. The third kappa shape index (κ3) is 3.39. The van der Waals surface area contributed by atoms with Crippen LogP contribution in [0.25, 0.3) is 0 Å². The Morgan fingerprint density at radius 1 is 1.36 bits per heavy atom. The molecule has 0 bridgehead atoms. The van der Waals surface area contributed by atoms with Crippen LogP contribution in [0, 0.1) is 0 Å². The van der Waals surface area contributed by atoms with Gasteiger partial charge in [0, 0.05) is 36.9 Å². The maximum atomic E-state index is 13.0. The molecule has 122 valence electrons. The van der Waals surface area contributed by atoms with Gasteiger partial charge in [-0.2, -0.15) is 0 Å². The van der Waals surface area contributed by atoms with Crippen molar-refractivity contribution in [3.8, 4) is 0 Å². The van der Waals surface area contributed by atoms with Crippen molar-refractivity contribution in [2.45, 2.75) is 31.7 Å². The first-order chi connectivity index (χ1) is 10.2. The largest absolute Gasteiger partial charge is 0.385 e. The van der Waals surface area contributed by atoms with Gasteiger partial charge in [0.25, 0.3) is 5.91 Å². The Labute approximate surface area is 139 Å². The van der Waals surface area contributed by atoms with Crippen LogP contribution in [0.2, 0.25) is 0 Å². The number of nitrogens with one attached hydrogen (secondary N) is 1. The van der Waals surface area contributed by atoms with Crippen molar-refractivity contribution in [2.24, 2.45) is 0 Å². The van der Waals surface area contributed by atoms with Crippen molar-refractivity contribution in [2.75, 3.05) is 39.0 Å². The van der Waals surface area contributed by atoms with Crippen LogP contribution in [0.4, 0.5) is 5.69 Å². The van der Waals surface area contributed by atoms with E-state index < -0.39 is 0 Å². The van der Waals surface area contributed by atoms with Crippen molar-refractivity contribution >= 4 is 24.0 Å². The molecule has 1 N–H and O–H groups in total. The summed E-state index contributed by atoms with van der Waals surface area (Å²) in [5.41, 5.74) is 3.27. The van der Waals surface area contributed by atoms with E-state index in [2.05, 4.69) is 35.3 Å². The average Bonchev–Trinajstić information content (AvgIpc) is 2.93. The summed E-state index contributed by atoms with van der Waals surface area (Å²) in [6.45, 7) is 2.87. The zero-order chi connectivity index (χ0) is 14.8. The first-order valence-electron chi connectivity index (χ1n) is 7.98. The van der Waals surface area contributed by atoms with Crippen molar-refractivity contribution in [3.63, 3.8) is 0 Å². The molecule has 0 aromatic heterocycles. The molecule has 1 aromatic carbocycles. The second kappa shape index (κ2) is 7.34. The van der Waals surface area contributed by atoms with Gasteiger partial charge in [-0.25, -0.2) is 0 Å². The van der Waals surface area contributed by atoms with Gasteiger partial charge in [0.1, 0.15) is 0 Å². The highest BCUT2D eigenvalue weighted by Crippen LogP contribution is 2.28. The molecule has 0 saturated carbocycles. The van der Waals surface area contributed by atoms with Crippen LogP contribution in [0.3, 0.4) is 0 Å². The van der Waals surface area contributed by atoms with Gasteiger partial charge in [0.2, 0.25) is 0 Å². The summed E-state index contributed by atoms with van der Waals surface area (Å²) in [4.78, 5) is 17.3. The predicted molar refractivity (Wildman–Crippen MR) is 93.1 cm³/mol. The highest BCUT2D eigenvalue weighted by Gasteiger charge is 2.31. The Morgan fingerprint density at radius 3 is 2.95 bits per heavy atom. The Kier molecular flexibility index (Phi) is 5.70. The fourth-order valence-corrected chi connectivity index (χ4v) is 3.58. The summed E-state index contributed by atoms with van der Waals surface area (Å²) in [5, 5.41) is 3.41. The van der Waals surface area contributed by atoms with E-state index >= 15 is 0 Å². The number of amides is 1. The monoisotopic (exact) mass is 323 g/mol. The Morgan fingerprint density at radius 2 is 2.18 bits per heavy atom. The van der Waals surface area contributed by atoms with Crippen molar-refractivity contribution < 1.29 is 4.79 Å². The first-order valence-corrected chi connectivity index (χ1v) is 7.98. The van der Waals surface area contributed by atoms with E-state index in [-0.39, 0.29) is 18.3 Å². The SMILES string of the molecule is CN(C)CC1CCCN1C(=O)c1cccc2c1CCCN2.Cl. The van der Waals surface area contributed by atoms with E-state index in [4.69, 9.17) is 0 Å². The number of carbonyl (C=O) groups excluding carboxylic acids is 1. The molecule has 2 aliphatic rings. The Balaban J connectivity index is 0.00000176. The molecule has 3 rings (SSSR count). The number of carbonyl (C=O) groups is 1. The molecule has 1 amide bonds. The summed E-state index contributed by atoms with van der Waals surface area (Å²) < 4.78 is 0. The number of fused-ring (bicyclic) bond motifs is 1. The fraction of sp³-hybridized carbons (Fsp3) is 0.588. The van der Waals surface area contributed by atoms with Gasteiger partial charge in [0.15, 0.2) is 0 Å². The van der Waals surface area contributed by atoms with Gasteiger partial charge >= 0.3 is 0 Å². The highest BCUT2D eigenvalue weighted by atomic mass is 35.5. The smallest absolute Gasteiger partial charge is 0.254 e. The molecule has 1 aromatic rings. The first kappa shape index (κ1) is 17.1. The summed E-state index contributed by atoms with van der Waals surface area (Å²) in [7, 11) is 4.16. The molecular formula is C17H26ClN3O. The topological polar surface area (TPSA) is 35.6 Å². The second-order valence-electron chi connectivity index (χ2n) is 6.42. The molecule has 22 heavy (non-hydrogen) atoms. The molecule has 5 heteroatoms. The van der Waals surface area contributed by atoms with Crippen molar-refractivity contribution in [1.82, 2.24) is 9.80 Å². The lowest BCUT2D eigenvalue weighted by Gasteiger charge is -2.29. The predicted octanol–water partition coefficient (Wildman–Crippen LogP) is 2.63. The standard InChI is InChI=1S/C17H25N3O.ClH/c1-19(2)12-13-6-5-11-20(13)17(21)15-7-3-9-16-14(15)8-4-10-18-16;/h3,7,9,13,18H,4-6,8,10-12H2,1-2H3;1H. The number of benzene rings is 1. The van der Waals surface area contributed by atoms with Gasteiger partial charge in [-0.3, -0.25) is 4.79 Å². The zero-order valence-electron chi connectivity index (χ0n) is 13.5. The lowest BCUT2D eigenvalue weighted by atomic mass is 9.96. The van der Waals surface area contributed by atoms with Gasteiger partial charge in [-0.05, 0) is 57.5 Å². The number of anilines is 1. The van der Waals surface area contributed by atoms with E-state index in [0.717, 1.165) is 56.6 Å². The van der Waals surface area contributed by atoms with Gasteiger partial charge < -0.3 is 15.1 Å². The molecule has 2 aliphatic heterocycles. The zero-order valence-corrected chi connectivity index (χ0v) is 14.3. The molecule has 1 saturated heterocycles. The molecule has 0 radical (unpaired) electrons. The average molecular weight is 324 g/mol. The second-order valence-corrected chi connectivity index (χ2v) is 6.42. The third-order valence-corrected chi connectivity index (χ3v) is 4.54. The van der Waals surface area contributed by atoms with Crippen molar-refractivity contribution in [3.05, 3.63) is 29.3 Å². The van der Waals surface area contributed by atoms with Crippen LogP contribution in [0.15, 0.2) is 18.2 Å². The summed E-state index contributed by atoms with van der Waals surface area (Å²) in [6.07, 6.45) is 4.36. The third-order valence-electron chi connectivity index (χ3n) is 4.54. The van der Waals surface area contributed by atoms with Crippen LogP contribution in [0.5, 0.6) is 0 Å². The van der Waals surface area contributed by atoms with Crippen LogP contribution >= 0.6 is 12.4 Å². The number of halogens is 1. The Bertz CT molecular complexity index is 533. The normalized spacial score (nSPS) is 20.3. The quantitative estimate of drug-likeness (QED) is 0.929. The van der Waals surface area contributed by atoms with E-state index in [0.29, 0.717) is 6.04 Å². The molecule has 1 fully saturated rings. The van der Waals surface area contributed by atoms with Crippen LogP contribution in [0.1, 0.15) is 35.2 Å². The highest BCUT2D eigenvalue weighted by molar-refractivity contribution is 5.97. The van der Waals surface area contributed by atoms with E-state index in [9.17, 15) is 4.79 Å². The number of likely N-dealkylation sites (tertiary alicyclic amines) is 1. The summed E-state index contributed by atoms with van der Waals surface area (Å²) in [6, 6.07) is 6.45. The number of hydrogen-bond acceptors (Lipinski definition) is 3. The lowest BCUT2D eigenvalue weighted by molar-refractivity contribution is 0.0715. The minimum atomic E-state index is 0. The molecule has 0 aliphatic carbocycles. The molecule has 4 nitrogen and oxygen atoms in total. The molecule has 1 unspecified atom stereocenters. The van der Waals surface area contributed by atoms with Gasteiger partial charge in [-0.1, -0.05) is 6.07 Å². The lowest BCUT2D eigenvalue weighted by Crippen LogP contribution is -2.41. The number of likely N-dealkylation sites (N-methyl/N-ethyl adjacent to an activating group) is 1. The minimum absolute atomic E-state index is 0. The Hall–Kier alpha value is -1.26. The fourth-order valence-electron chi connectivity index (χ4n) is 3.58. The molecule has 1 atom stereocenters. The van der Waals surface area contributed by atoms with Crippen LogP contribution in [-0.2, 0) is 6.42 Å². The maximum absolute atomic E-state index is 13.0. The number of hydrogen-bond donors (Lipinski definition) is 1. The van der Waals surface area contributed by atoms with Gasteiger partial charge in [-0.15, -0.1) is 12.4 Å².